The molecule has 0 radical (unpaired) electrons. The van der Waals surface area contributed by atoms with Crippen LogP contribution in [0.3, 0.4) is 0 Å². The fourth-order valence-corrected chi connectivity index (χ4v) is 3.41. The van der Waals surface area contributed by atoms with E-state index in [1.165, 1.54) is 4.90 Å². The Labute approximate surface area is 148 Å². The number of likely N-dealkylation sites (N-methyl/N-ethyl adjacent to an activating group) is 1. The van der Waals surface area contributed by atoms with Gasteiger partial charge >= 0.3 is 0 Å². The van der Waals surface area contributed by atoms with E-state index in [0.717, 1.165) is 25.7 Å². The first-order valence-electron chi connectivity index (χ1n) is 8.94. The van der Waals surface area contributed by atoms with Crippen LogP contribution in [0.2, 0.25) is 0 Å². The smallest absolute Gasteiger partial charge is 0.254 e. The number of nitrogens with one attached hydrogen (secondary N) is 1. The fraction of sp³-hybridized carbons (Fsp3) is 0.579. The van der Waals surface area contributed by atoms with Gasteiger partial charge in [-0.25, -0.2) is 0 Å². The number of nitrogens with zero attached hydrogens (tertiary/aromatic N) is 1. The normalized spacial score (nSPS) is 18.7. The molecule has 1 aromatic carbocycles. The summed E-state index contributed by atoms with van der Waals surface area (Å²) in [4.78, 5) is 27.3. The third-order valence-electron chi connectivity index (χ3n) is 5.53. The second-order valence-corrected chi connectivity index (χ2v) is 7.01. The Bertz CT molecular complexity index is 669. The van der Waals surface area contributed by atoms with Gasteiger partial charge in [-0.05, 0) is 44.4 Å². The monoisotopic (exact) mass is 346 g/mol. The Morgan fingerprint density at radius 2 is 1.92 bits per heavy atom. The van der Waals surface area contributed by atoms with Crippen molar-refractivity contribution in [3.63, 3.8) is 0 Å². The molecule has 1 saturated carbocycles. The molecule has 1 aromatic rings. The maximum Gasteiger partial charge on any atom is 0.254 e. The Hall–Kier alpha value is -2.24. The van der Waals surface area contributed by atoms with E-state index in [1.54, 1.807) is 25.2 Å². The van der Waals surface area contributed by atoms with Crippen LogP contribution >= 0.6 is 0 Å². The van der Waals surface area contributed by atoms with Gasteiger partial charge < -0.3 is 19.7 Å². The Balaban J connectivity index is 1.76. The van der Waals surface area contributed by atoms with Crippen molar-refractivity contribution in [1.82, 2.24) is 10.2 Å². The molecule has 0 aromatic heterocycles. The lowest BCUT2D eigenvalue weighted by atomic mass is 9.94. The minimum absolute atomic E-state index is 0.0847. The highest BCUT2D eigenvalue weighted by Crippen LogP contribution is 2.33. The highest BCUT2D eigenvalue weighted by atomic mass is 16.7. The van der Waals surface area contributed by atoms with Crippen LogP contribution in [0.4, 0.5) is 0 Å². The van der Waals surface area contributed by atoms with E-state index < -0.39 is 5.54 Å². The molecule has 1 aliphatic heterocycles. The predicted molar refractivity (Wildman–Crippen MR) is 93.8 cm³/mol. The molecule has 1 heterocycles. The van der Waals surface area contributed by atoms with Crippen molar-refractivity contribution in [3.8, 4) is 11.5 Å². The van der Waals surface area contributed by atoms with Gasteiger partial charge in [-0.15, -0.1) is 0 Å². The Kier molecular flexibility index (Phi) is 4.88. The van der Waals surface area contributed by atoms with Crippen molar-refractivity contribution in [2.24, 2.45) is 0 Å². The summed E-state index contributed by atoms with van der Waals surface area (Å²) in [6.45, 7) is 3.92. The molecule has 1 N–H and O–H groups in total. The molecule has 1 atom stereocenters. The SMILES string of the molecule is CCC(C)(C(=O)NC1CCCC1)N(C)C(=O)c1ccc2c(c1)OCO2. The number of ether oxygens (including phenoxy) is 2. The van der Waals surface area contributed by atoms with Crippen LogP contribution in [0, 0.1) is 0 Å². The zero-order valence-corrected chi connectivity index (χ0v) is 15.1. The van der Waals surface area contributed by atoms with Crippen LogP contribution in [0.5, 0.6) is 11.5 Å². The van der Waals surface area contributed by atoms with Crippen molar-refractivity contribution in [3.05, 3.63) is 23.8 Å². The molecule has 0 bridgehead atoms. The Morgan fingerprint density at radius 1 is 1.24 bits per heavy atom. The number of carbonyl (C=O) groups is 2. The maximum absolute atomic E-state index is 12.9. The van der Waals surface area contributed by atoms with Crippen LogP contribution in [-0.4, -0.2) is 42.1 Å². The molecule has 0 spiro atoms. The Morgan fingerprint density at radius 3 is 2.60 bits per heavy atom. The van der Waals surface area contributed by atoms with Crippen molar-refractivity contribution in [2.75, 3.05) is 13.8 Å². The van der Waals surface area contributed by atoms with Gasteiger partial charge in [0.1, 0.15) is 5.54 Å². The van der Waals surface area contributed by atoms with Gasteiger partial charge in [0.25, 0.3) is 5.91 Å². The quantitative estimate of drug-likeness (QED) is 0.890. The first kappa shape index (κ1) is 17.6. The number of amides is 2. The number of hydrogen-bond acceptors (Lipinski definition) is 4. The molecule has 6 heteroatoms. The third-order valence-corrected chi connectivity index (χ3v) is 5.53. The van der Waals surface area contributed by atoms with E-state index in [9.17, 15) is 9.59 Å². The topological polar surface area (TPSA) is 67.9 Å². The summed E-state index contributed by atoms with van der Waals surface area (Å²) < 4.78 is 10.6. The lowest BCUT2D eigenvalue weighted by molar-refractivity contribution is -0.131. The van der Waals surface area contributed by atoms with Crippen molar-refractivity contribution in [2.45, 2.75) is 57.5 Å². The number of fused-ring (bicyclic) bond motifs is 1. The predicted octanol–water partition coefficient (Wildman–Crippen LogP) is 2.71. The molecule has 2 amide bonds. The summed E-state index contributed by atoms with van der Waals surface area (Å²) >= 11 is 0. The first-order chi connectivity index (χ1) is 12.0. The van der Waals surface area contributed by atoms with E-state index >= 15 is 0 Å². The molecule has 3 rings (SSSR count). The van der Waals surface area contributed by atoms with Gasteiger partial charge in [-0.3, -0.25) is 9.59 Å². The zero-order chi connectivity index (χ0) is 18.0. The largest absolute Gasteiger partial charge is 0.454 e. The average molecular weight is 346 g/mol. The van der Waals surface area contributed by atoms with Crippen LogP contribution in [0.15, 0.2) is 18.2 Å². The molecule has 136 valence electrons. The van der Waals surface area contributed by atoms with Crippen LogP contribution < -0.4 is 14.8 Å². The molecular weight excluding hydrogens is 320 g/mol. The van der Waals surface area contributed by atoms with E-state index in [2.05, 4.69) is 5.32 Å². The first-order valence-corrected chi connectivity index (χ1v) is 8.94. The van der Waals surface area contributed by atoms with Gasteiger partial charge in [-0.1, -0.05) is 19.8 Å². The number of carbonyl (C=O) groups excluding carboxylic acids is 2. The number of rotatable bonds is 5. The highest BCUT2D eigenvalue weighted by molar-refractivity contribution is 5.99. The summed E-state index contributed by atoms with van der Waals surface area (Å²) in [5.74, 6) is 0.909. The van der Waals surface area contributed by atoms with Gasteiger partial charge in [0.15, 0.2) is 11.5 Å². The molecule has 2 aliphatic rings. The fourth-order valence-electron chi connectivity index (χ4n) is 3.41. The van der Waals surface area contributed by atoms with Gasteiger partial charge in [0.2, 0.25) is 12.7 Å². The lowest BCUT2D eigenvalue weighted by Gasteiger charge is -2.37. The van der Waals surface area contributed by atoms with Crippen molar-refractivity contribution >= 4 is 11.8 Å². The lowest BCUT2D eigenvalue weighted by Crippen LogP contribution is -2.58. The molecule has 6 nitrogen and oxygen atoms in total. The second kappa shape index (κ2) is 6.94. The van der Waals surface area contributed by atoms with Gasteiger partial charge in [0.05, 0.1) is 0 Å². The summed E-state index contributed by atoms with van der Waals surface area (Å²) in [6, 6.07) is 5.33. The summed E-state index contributed by atoms with van der Waals surface area (Å²) in [7, 11) is 1.69. The minimum Gasteiger partial charge on any atom is -0.454 e. The summed E-state index contributed by atoms with van der Waals surface area (Å²) in [6.07, 6.45) is 4.88. The zero-order valence-electron chi connectivity index (χ0n) is 15.1. The summed E-state index contributed by atoms with van der Waals surface area (Å²) in [5, 5.41) is 3.12. The van der Waals surface area contributed by atoms with Crippen LogP contribution in [0.25, 0.3) is 0 Å². The number of benzene rings is 1. The minimum atomic E-state index is -0.893. The molecule has 1 aliphatic carbocycles. The highest BCUT2D eigenvalue weighted by Gasteiger charge is 2.40. The van der Waals surface area contributed by atoms with E-state index in [0.29, 0.717) is 23.5 Å². The maximum atomic E-state index is 12.9. The van der Waals surface area contributed by atoms with E-state index in [-0.39, 0.29) is 24.6 Å². The summed E-state index contributed by atoms with van der Waals surface area (Å²) in [5.41, 5.74) is -0.407. The van der Waals surface area contributed by atoms with Crippen molar-refractivity contribution in [1.29, 1.82) is 0 Å². The standard InChI is InChI=1S/C19H26N2O4/c1-4-19(2,18(23)20-14-7-5-6-8-14)21(3)17(22)13-9-10-15-16(11-13)25-12-24-15/h9-11,14H,4-8,12H2,1-3H3,(H,20,23). The molecule has 1 fully saturated rings. The molecule has 1 unspecified atom stereocenters. The van der Waals surface area contributed by atoms with Crippen molar-refractivity contribution < 1.29 is 19.1 Å². The molecule has 0 saturated heterocycles. The molecular formula is C19H26N2O4. The molecule has 25 heavy (non-hydrogen) atoms. The number of hydrogen-bond donors (Lipinski definition) is 1. The van der Waals surface area contributed by atoms with Gasteiger partial charge in [0, 0.05) is 18.7 Å². The van der Waals surface area contributed by atoms with Crippen LogP contribution in [-0.2, 0) is 4.79 Å². The second-order valence-electron chi connectivity index (χ2n) is 7.01. The van der Waals surface area contributed by atoms with Crippen LogP contribution in [0.1, 0.15) is 56.3 Å². The van der Waals surface area contributed by atoms with E-state index in [4.69, 9.17) is 9.47 Å². The average Bonchev–Trinajstić information content (AvgIpc) is 3.30. The van der Waals surface area contributed by atoms with Gasteiger partial charge in [-0.2, -0.15) is 0 Å². The van der Waals surface area contributed by atoms with E-state index in [1.807, 2.05) is 13.8 Å². The third kappa shape index (κ3) is 3.30.